The lowest BCUT2D eigenvalue weighted by Gasteiger charge is -2.46. The molecule has 8 atom stereocenters. The average Bonchev–Trinajstić information content (AvgIpc) is 3.56. The van der Waals surface area contributed by atoms with Gasteiger partial charge in [0.2, 0.25) is 0 Å². The highest BCUT2D eigenvalue weighted by molar-refractivity contribution is 7.92. The normalized spacial score (nSPS) is 36.5. The molecule has 51 heavy (non-hydrogen) atoms. The maximum absolute atomic E-state index is 14.5. The molecular formula is C40H52N4O6S. The molecule has 3 aliphatic carbocycles. The Balaban J connectivity index is 1.15. The number of anilines is 1. The van der Waals surface area contributed by atoms with Crippen molar-refractivity contribution in [3.63, 3.8) is 0 Å². The molecule has 11 heteroatoms. The third-order valence-corrected chi connectivity index (χ3v) is 14.6. The van der Waals surface area contributed by atoms with Crippen LogP contribution >= 0.6 is 0 Å². The van der Waals surface area contributed by atoms with Crippen molar-refractivity contribution in [2.24, 2.45) is 27.5 Å². The molecule has 2 saturated carbocycles. The van der Waals surface area contributed by atoms with Gasteiger partial charge in [-0.15, -0.1) is 4.36 Å². The Morgan fingerprint density at radius 3 is 2.80 bits per heavy atom. The molecular weight excluding hydrogens is 665 g/mol. The smallest absolute Gasteiger partial charge is 0.327 e. The average molecular weight is 717 g/mol. The van der Waals surface area contributed by atoms with Crippen LogP contribution in [0.3, 0.4) is 0 Å². The predicted octanol–water partition coefficient (Wildman–Crippen LogP) is 6.11. The molecule has 10 nitrogen and oxygen atoms in total. The standard InChI is InChI=1S/C40H52N4O6S/c1-26-9-13-32-28(18-26)7-5-15-40(32)23-44-21-30-10-12-31(30)34(48-3)8-4-6-27(2)22-51(47,43-38(46)41-36-20-39(36)16-17-49-24-39)42-37(45)29-11-14-35(50-25-40)33(44)19-29/h4,8-9,11,13-14,18-19,27,30-31,34,36H,5-7,10,12,15-17,20-25H2,1-3H3,(H2,41,42,43,45,46,47)/b8-4+/t27-,30-,31+,34-,36+,39?,40-,51?/m0/s1. The van der Waals surface area contributed by atoms with E-state index in [4.69, 9.17) is 14.2 Å². The van der Waals surface area contributed by atoms with Crippen LogP contribution < -0.4 is 19.7 Å². The van der Waals surface area contributed by atoms with Gasteiger partial charge in [0, 0.05) is 49.2 Å². The van der Waals surface area contributed by atoms with Crippen LogP contribution in [0.15, 0.2) is 52.9 Å². The second-order valence-electron chi connectivity index (χ2n) is 16.3. The second kappa shape index (κ2) is 13.5. The molecule has 0 aromatic heterocycles. The van der Waals surface area contributed by atoms with Gasteiger partial charge in [0.1, 0.15) is 15.7 Å². The van der Waals surface area contributed by atoms with Gasteiger partial charge in [0.25, 0.3) is 5.91 Å². The van der Waals surface area contributed by atoms with Crippen molar-refractivity contribution in [3.8, 4) is 5.75 Å². The number of allylic oxidation sites excluding steroid dienone is 1. The Kier molecular flexibility index (Phi) is 9.20. The van der Waals surface area contributed by atoms with Crippen molar-refractivity contribution in [2.45, 2.75) is 82.8 Å². The van der Waals surface area contributed by atoms with Gasteiger partial charge in [-0.05, 0) is 105 Å². The predicted molar refractivity (Wildman–Crippen MR) is 198 cm³/mol. The zero-order valence-corrected chi connectivity index (χ0v) is 31.0. The summed E-state index contributed by atoms with van der Waals surface area (Å²) in [4.78, 5) is 29.7. The molecule has 3 aliphatic heterocycles. The number of nitrogens with zero attached hydrogens (tertiary/aromatic N) is 2. The second-order valence-corrected chi connectivity index (χ2v) is 18.3. The van der Waals surface area contributed by atoms with Gasteiger partial charge in [-0.2, -0.15) is 0 Å². The first kappa shape index (κ1) is 34.7. The van der Waals surface area contributed by atoms with E-state index in [9.17, 15) is 13.8 Å². The number of rotatable bonds is 3. The molecule has 2 spiro atoms. The Morgan fingerprint density at radius 2 is 2.02 bits per heavy atom. The summed E-state index contributed by atoms with van der Waals surface area (Å²) in [7, 11) is -1.69. The maximum atomic E-state index is 14.5. The van der Waals surface area contributed by atoms with E-state index in [1.165, 1.54) is 16.7 Å². The number of carbonyl (C=O) groups is 2. The van der Waals surface area contributed by atoms with Crippen LogP contribution in [0.5, 0.6) is 5.75 Å². The zero-order valence-electron chi connectivity index (χ0n) is 30.2. The quantitative estimate of drug-likeness (QED) is 0.369. The van der Waals surface area contributed by atoms with Crippen LogP contribution in [0.2, 0.25) is 0 Å². The highest BCUT2D eigenvalue weighted by Gasteiger charge is 2.57. The third kappa shape index (κ3) is 6.81. The first-order chi connectivity index (χ1) is 24.6. The number of aryl methyl sites for hydroxylation is 2. The van der Waals surface area contributed by atoms with E-state index in [1.807, 2.05) is 19.1 Å². The van der Waals surface area contributed by atoms with Crippen LogP contribution in [0.25, 0.3) is 0 Å². The number of nitrogens with one attached hydrogen (secondary N) is 2. The summed E-state index contributed by atoms with van der Waals surface area (Å²) < 4.78 is 39.8. The Labute approximate surface area is 302 Å². The molecule has 3 fully saturated rings. The van der Waals surface area contributed by atoms with Gasteiger partial charge in [-0.3, -0.25) is 9.52 Å². The number of benzene rings is 2. The zero-order chi connectivity index (χ0) is 35.4. The minimum atomic E-state index is -3.47. The fourth-order valence-electron chi connectivity index (χ4n) is 9.47. The molecule has 6 aliphatic rings. The van der Waals surface area contributed by atoms with E-state index < -0.39 is 21.9 Å². The van der Waals surface area contributed by atoms with E-state index in [0.29, 0.717) is 43.6 Å². The Hall–Kier alpha value is -3.41. The topological polar surface area (TPSA) is 119 Å². The summed E-state index contributed by atoms with van der Waals surface area (Å²) in [5.74, 6) is 0.844. The van der Waals surface area contributed by atoms with Gasteiger partial charge >= 0.3 is 6.03 Å². The van der Waals surface area contributed by atoms with Crippen molar-refractivity contribution in [1.29, 1.82) is 0 Å². The summed E-state index contributed by atoms with van der Waals surface area (Å²) in [6.07, 6.45) is 12.0. The van der Waals surface area contributed by atoms with Crippen molar-refractivity contribution in [3.05, 3.63) is 70.8 Å². The van der Waals surface area contributed by atoms with Crippen LogP contribution in [-0.2, 0) is 31.2 Å². The maximum Gasteiger partial charge on any atom is 0.327 e. The van der Waals surface area contributed by atoms with Gasteiger partial charge < -0.3 is 24.4 Å². The molecule has 2 N–H and O–H groups in total. The molecule has 274 valence electrons. The minimum Gasteiger partial charge on any atom is -0.490 e. The summed E-state index contributed by atoms with van der Waals surface area (Å²) in [6, 6.07) is 11.7. The Morgan fingerprint density at radius 1 is 1.14 bits per heavy atom. The fraction of sp³-hybridized carbons (Fsp3) is 0.600. The number of methoxy groups -OCH3 is 1. The molecule has 3 heterocycles. The summed E-state index contributed by atoms with van der Waals surface area (Å²) in [6.45, 7) is 7.58. The van der Waals surface area contributed by atoms with E-state index >= 15 is 0 Å². The third-order valence-electron chi connectivity index (χ3n) is 12.6. The first-order valence-electron chi connectivity index (χ1n) is 18.8. The Bertz CT molecular complexity index is 1850. The first-order valence-corrected chi connectivity index (χ1v) is 20.5. The van der Waals surface area contributed by atoms with Crippen molar-refractivity contribution in [1.82, 2.24) is 10.0 Å². The van der Waals surface area contributed by atoms with E-state index in [1.54, 1.807) is 13.2 Å². The monoisotopic (exact) mass is 716 g/mol. The summed E-state index contributed by atoms with van der Waals surface area (Å²) >= 11 is 0. The number of hydrogen-bond acceptors (Lipinski definition) is 7. The largest absolute Gasteiger partial charge is 0.490 e. The number of amides is 3. The molecule has 2 unspecified atom stereocenters. The number of carbonyl (C=O) groups excluding carboxylic acids is 2. The lowest BCUT2D eigenvalue weighted by molar-refractivity contribution is 0.0131. The highest BCUT2D eigenvalue weighted by atomic mass is 32.2. The SMILES string of the molecule is CO[C@H]1/C=C/C[C@H](C)CS(=O)(NC(=O)N[C@@H]2CC23CCOC3)=NC(=O)c2ccc3c(c2)N(C[C@@H]2CC[C@H]21)C[C@@]1(CCCc2cc(C)ccc21)CO3. The summed E-state index contributed by atoms with van der Waals surface area (Å²) in [5, 5.41) is 2.98. The molecule has 2 aromatic rings. The van der Waals surface area contributed by atoms with Crippen molar-refractivity contribution in [2.75, 3.05) is 50.7 Å². The van der Waals surface area contributed by atoms with Crippen molar-refractivity contribution < 1.29 is 28.0 Å². The lowest BCUT2D eigenvalue weighted by atomic mass is 9.68. The van der Waals surface area contributed by atoms with Gasteiger partial charge in [-0.25, -0.2) is 9.00 Å². The van der Waals surface area contributed by atoms with E-state index in [-0.39, 0.29) is 34.6 Å². The number of ether oxygens (including phenoxy) is 3. The molecule has 2 bridgehead atoms. The number of urea groups is 1. The number of hydrogen-bond donors (Lipinski definition) is 2. The minimum absolute atomic E-state index is 0.0292. The molecule has 2 aromatic carbocycles. The van der Waals surface area contributed by atoms with Crippen LogP contribution in [0, 0.1) is 30.1 Å². The molecule has 8 rings (SSSR count). The summed E-state index contributed by atoms with van der Waals surface area (Å²) in [5.41, 5.74) is 5.01. The van der Waals surface area contributed by atoms with E-state index in [2.05, 4.69) is 56.6 Å². The highest BCUT2D eigenvalue weighted by Crippen LogP contribution is 2.52. The molecule has 3 amide bonds. The van der Waals surface area contributed by atoms with Gasteiger partial charge in [-0.1, -0.05) is 42.8 Å². The molecule has 0 radical (unpaired) electrons. The molecule has 1 saturated heterocycles. The van der Waals surface area contributed by atoms with Crippen LogP contribution in [0.4, 0.5) is 10.5 Å². The van der Waals surface area contributed by atoms with Crippen LogP contribution in [0.1, 0.15) is 78.9 Å². The van der Waals surface area contributed by atoms with Crippen molar-refractivity contribution >= 4 is 27.5 Å². The van der Waals surface area contributed by atoms with Crippen LogP contribution in [-0.4, -0.2) is 74.1 Å². The van der Waals surface area contributed by atoms with Gasteiger partial charge in [0.05, 0.1) is 30.8 Å². The van der Waals surface area contributed by atoms with Gasteiger partial charge in [0.15, 0.2) is 0 Å². The number of fused-ring (bicyclic) bond motifs is 4. The van der Waals surface area contributed by atoms with E-state index in [0.717, 1.165) is 69.5 Å². The fourth-order valence-corrected chi connectivity index (χ4v) is 11.3. The lowest BCUT2D eigenvalue weighted by Crippen LogP contribution is -2.49.